The van der Waals surface area contributed by atoms with Crippen LogP contribution in [0.2, 0.25) is 0 Å². The van der Waals surface area contributed by atoms with Gasteiger partial charge in [0.15, 0.2) is 0 Å². The smallest absolute Gasteiger partial charge is 0.148 e. The van der Waals surface area contributed by atoms with Gasteiger partial charge in [0, 0.05) is 67.3 Å². The molecule has 0 spiro atoms. The van der Waals surface area contributed by atoms with Gasteiger partial charge in [-0.2, -0.15) is 0 Å². The van der Waals surface area contributed by atoms with E-state index in [1.807, 2.05) is 74.5 Å². The predicted molar refractivity (Wildman–Crippen MR) is 264 cm³/mol. The van der Waals surface area contributed by atoms with Crippen molar-refractivity contribution in [1.29, 1.82) is 0 Å². The van der Waals surface area contributed by atoms with Crippen LogP contribution in [0, 0.1) is 26.8 Å². The van der Waals surface area contributed by atoms with Crippen molar-refractivity contribution in [3.05, 3.63) is 192 Å². The van der Waals surface area contributed by atoms with Gasteiger partial charge in [0.05, 0.1) is 22.3 Å². The Morgan fingerprint density at radius 1 is 0.578 bits per heavy atom. The molecule has 0 bridgehead atoms. The fraction of sp³-hybridized carbons (Fsp3) is 0.186. The molecular weight excluding hydrogens is 962 g/mol. The average molecular weight is 1040 g/mol. The Morgan fingerprint density at radius 3 is 1.92 bits per heavy atom. The van der Waals surface area contributed by atoms with Crippen molar-refractivity contribution >= 4 is 11.0 Å². The van der Waals surface area contributed by atoms with Crippen molar-refractivity contribution in [2.75, 3.05) is 0 Å². The van der Waals surface area contributed by atoms with Crippen LogP contribution in [0.3, 0.4) is 0 Å². The summed E-state index contributed by atoms with van der Waals surface area (Å²) in [6.07, 6.45) is 1.67. The fourth-order valence-corrected chi connectivity index (χ4v) is 8.14. The van der Waals surface area contributed by atoms with Gasteiger partial charge in [-0.05, 0) is 101 Å². The van der Waals surface area contributed by atoms with E-state index in [-0.39, 0.29) is 55.0 Å². The molecule has 2 aromatic heterocycles. The maximum atomic E-state index is 13.0. The number of rotatable bonds is 7. The molecule has 0 saturated heterocycles. The number of pyridine rings is 1. The maximum absolute atomic E-state index is 13.0. The number of nitrogens with zero attached hydrogens (tertiary/aromatic N) is 3. The van der Waals surface area contributed by atoms with Gasteiger partial charge in [-0.1, -0.05) is 178 Å². The molecule has 4 nitrogen and oxygen atoms in total. The van der Waals surface area contributed by atoms with Gasteiger partial charge >= 0.3 is 0 Å². The standard InChI is InChI=1S/C59H54N3O.Pt/c1-37-27-38(2)29-44(28-37)43-25-26-60-52(34-43)47-32-45(41-19-14-11-15-20-41)31-46(33-47)49-21-16-22-54-55(49)61-57(50-35-48(58(4,5)6)36-51(56(50)63)59(7,8)9)62(54)53-24-23-42(30-39(53)3)40-17-12-10-13-18-40;/h10-32,34-36,63H,1-9H3;/q-1;/i3D3,4D3,5D3,6D3,7D3,8D3,9D3;. The summed E-state index contributed by atoms with van der Waals surface area (Å²) < 4.78 is 185. The molecule has 5 heteroatoms. The number of phenols is 1. The minimum atomic E-state index is -4.23. The molecule has 0 fully saturated rings. The molecule has 64 heavy (non-hydrogen) atoms. The third-order valence-electron chi connectivity index (χ3n) is 11.1. The summed E-state index contributed by atoms with van der Waals surface area (Å²) in [6, 6.07) is 45.0. The van der Waals surface area contributed by atoms with Crippen molar-refractivity contribution in [3.8, 4) is 78.6 Å². The normalized spacial score (nSPS) is 18.0. The average Bonchev–Trinajstić information content (AvgIpc) is 1.10. The van der Waals surface area contributed by atoms with E-state index in [1.54, 1.807) is 60.8 Å². The first kappa shape index (κ1) is 25.2. The third kappa shape index (κ3) is 8.65. The largest absolute Gasteiger partial charge is 0.507 e. The van der Waals surface area contributed by atoms with Crippen LogP contribution in [0.15, 0.2) is 158 Å². The van der Waals surface area contributed by atoms with Crippen LogP contribution in [0.4, 0.5) is 0 Å². The van der Waals surface area contributed by atoms with Gasteiger partial charge in [0.2, 0.25) is 0 Å². The zero-order valence-electron chi connectivity index (χ0n) is 55.6. The second kappa shape index (κ2) is 17.3. The molecule has 9 aromatic rings. The van der Waals surface area contributed by atoms with Crippen LogP contribution in [-0.2, 0) is 31.9 Å². The van der Waals surface area contributed by atoms with E-state index in [9.17, 15) is 5.11 Å². The van der Waals surface area contributed by atoms with E-state index < -0.39 is 87.1 Å². The van der Waals surface area contributed by atoms with E-state index in [2.05, 4.69) is 12.1 Å². The van der Waals surface area contributed by atoms with Gasteiger partial charge in [0.25, 0.3) is 0 Å². The maximum Gasteiger partial charge on any atom is 0.148 e. The molecule has 0 radical (unpaired) electrons. The molecule has 7 aromatic carbocycles. The van der Waals surface area contributed by atoms with Crippen molar-refractivity contribution in [1.82, 2.24) is 14.5 Å². The van der Waals surface area contributed by atoms with Gasteiger partial charge < -0.3 is 5.11 Å². The zero-order chi connectivity index (χ0) is 61.7. The van der Waals surface area contributed by atoms with Crippen LogP contribution < -0.4 is 0 Å². The van der Waals surface area contributed by atoms with E-state index in [4.69, 9.17) is 38.8 Å². The number of fused-ring (bicyclic) bond motifs is 1. The second-order valence-corrected chi connectivity index (χ2v) is 15.8. The molecule has 0 unspecified atom stereocenters. The minimum absolute atomic E-state index is 0. The number of benzene rings is 7. The third-order valence-corrected chi connectivity index (χ3v) is 11.1. The number of aromatic nitrogens is 3. The molecule has 0 aliphatic carbocycles. The molecule has 0 amide bonds. The Labute approximate surface area is 422 Å². The number of aromatic hydroxyl groups is 1. The van der Waals surface area contributed by atoms with Crippen molar-refractivity contribution in [3.63, 3.8) is 0 Å². The second-order valence-electron chi connectivity index (χ2n) is 15.8. The van der Waals surface area contributed by atoms with E-state index in [1.165, 1.54) is 22.8 Å². The van der Waals surface area contributed by atoms with Crippen molar-refractivity contribution in [2.24, 2.45) is 0 Å². The number of aryl methyl sites for hydroxylation is 3. The molecule has 0 aliphatic rings. The number of phenolic OH excluding ortho intramolecular Hbond substituents is 1. The van der Waals surface area contributed by atoms with Crippen LogP contribution in [0.5, 0.6) is 5.75 Å². The molecule has 9 rings (SSSR count). The monoisotopic (exact) mass is 1040 g/mol. The minimum Gasteiger partial charge on any atom is -0.507 e. The Kier molecular flexibility index (Phi) is 6.82. The summed E-state index contributed by atoms with van der Waals surface area (Å²) in [7, 11) is 0. The molecule has 0 aliphatic heterocycles. The summed E-state index contributed by atoms with van der Waals surface area (Å²) in [5.41, 5.74) is -4.93. The van der Waals surface area contributed by atoms with Gasteiger partial charge in [-0.25, -0.2) is 4.98 Å². The number of hydrogen-bond acceptors (Lipinski definition) is 3. The summed E-state index contributed by atoms with van der Waals surface area (Å²) in [6.45, 7) is -24.0. The van der Waals surface area contributed by atoms with Crippen molar-refractivity contribution in [2.45, 2.75) is 72.6 Å². The molecule has 0 atom stereocenters. The Hall–Kier alpha value is -6.35. The Morgan fingerprint density at radius 2 is 1.23 bits per heavy atom. The van der Waals surface area contributed by atoms with E-state index in [0.717, 1.165) is 27.8 Å². The molecule has 322 valence electrons. The van der Waals surface area contributed by atoms with Crippen LogP contribution in [-0.4, -0.2) is 19.6 Å². The zero-order valence-corrected chi connectivity index (χ0v) is 36.9. The first-order valence-corrected chi connectivity index (χ1v) is 20.1. The molecular formula is C59H54N3OPt-. The van der Waals surface area contributed by atoms with E-state index >= 15 is 0 Å². The molecule has 1 N–H and O–H groups in total. The Bertz CT molecular complexity index is 3880. The molecule has 2 heterocycles. The summed E-state index contributed by atoms with van der Waals surface area (Å²) in [5.74, 6) is -2.16. The van der Waals surface area contributed by atoms with E-state index in [0.29, 0.717) is 39.6 Å². The number of imidazole rings is 1. The van der Waals surface area contributed by atoms with Gasteiger partial charge in [-0.3, -0.25) is 9.55 Å². The quantitative estimate of drug-likeness (QED) is 0.162. The van der Waals surface area contributed by atoms with Gasteiger partial charge in [0.1, 0.15) is 11.6 Å². The van der Waals surface area contributed by atoms with Crippen LogP contribution >= 0.6 is 0 Å². The molecule has 0 saturated carbocycles. The number of para-hydroxylation sites is 1. The van der Waals surface area contributed by atoms with Crippen LogP contribution in [0.25, 0.3) is 83.9 Å². The Balaban J connectivity index is 0.00000940. The summed E-state index contributed by atoms with van der Waals surface area (Å²) in [4.78, 5) is 9.80. The van der Waals surface area contributed by atoms with Crippen molar-refractivity contribution < 1.29 is 55.0 Å². The predicted octanol–water partition coefficient (Wildman–Crippen LogP) is 15.4. The fourth-order valence-electron chi connectivity index (χ4n) is 8.14. The number of hydrogen-bond donors (Lipinski definition) is 1. The topological polar surface area (TPSA) is 50.9 Å². The summed E-state index contributed by atoms with van der Waals surface area (Å²) in [5, 5.41) is 13.0. The first-order valence-electron chi connectivity index (χ1n) is 30.6. The van der Waals surface area contributed by atoms with Gasteiger partial charge in [-0.15, -0.1) is 23.8 Å². The SMILES string of the molecule is [2H]C([2H])([2H])c1cc(-c2ccccc2)ccc1-n1c(-c2cc(C(C([2H])([2H])[2H])(C([2H])([2H])[2H])C([2H])([2H])[2H])cc(C(C([2H])([2H])[2H])(C([2H])([2H])[2H])C([2H])([2H])[2H])c2O)nc2c(-c3[c-]c(-c4cc(-c5cc(C)cc(C)c5)ccn4)cc(-c4ccccc4)c3)cccc21.[Pt]. The summed E-state index contributed by atoms with van der Waals surface area (Å²) >= 11 is 0. The first-order chi connectivity index (χ1) is 38.8. The van der Waals surface area contributed by atoms with Crippen LogP contribution in [0.1, 0.15) is 97.7 Å².